The quantitative estimate of drug-likeness (QED) is 0.687. The molecule has 2 unspecified atom stereocenters. The predicted octanol–water partition coefficient (Wildman–Crippen LogP) is 0.189. The molecule has 0 aromatic rings. The average molecular weight is 214 g/mol. The van der Waals surface area contributed by atoms with Gasteiger partial charge in [-0.2, -0.15) is 0 Å². The number of aliphatic carboxylic acids is 1. The van der Waals surface area contributed by atoms with Gasteiger partial charge in [-0.1, -0.05) is 12.8 Å². The zero-order valence-electron chi connectivity index (χ0n) is 8.98. The van der Waals surface area contributed by atoms with Crippen molar-refractivity contribution in [3.8, 4) is 0 Å². The van der Waals surface area contributed by atoms with Gasteiger partial charge in [0, 0.05) is 6.04 Å². The molecule has 86 valence electrons. The van der Waals surface area contributed by atoms with Crippen LogP contribution in [0.1, 0.15) is 32.6 Å². The van der Waals surface area contributed by atoms with Crippen LogP contribution in [0, 0.1) is 0 Å². The maximum Gasteiger partial charge on any atom is 0.323 e. The van der Waals surface area contributed by atoms with Crippen LogP contribution in [0.25, 0.3) is 0 Å². The number of carboxylic acid groups (broad SMARTS) is 1. The predicted molar refractivity (Wildman–Crippen MR) is 55.3 cm³/mol. The smallest absolute Gasteiger partial charge is 0.323 e. The van der Waals surface area contributed by atoms with Crippen molar-refractivity contribution in [2.75, 3.05) is 6.54 Å². The van der Waals surface area contributed by atoms with Gasteiger partial charge in [0.2, 0.25) is 5.91 Å². The first kappa shape index (κ1) is 12.0. The molecule has 1 aliphatic rings. The number of carbonyl (C=O) groups is 2. The lowest BCUT2D eigenvalue weighted by atomic mass is 10.00. The van der Waals surface area contributed by atoms with E-state index in [1.807, 2.05) is 6.92 Å². The highest BCUT2D eigenvalue weighted by Gasteiger charge is 2.28. The van der Waals surface area contributed by atoms with E-state index in [-0.39, 0.29) is 18.5 Å². The first-order chi connectivity index (χ1) is 7.02. The van der Waals surface area contributed by atoms with Gasteiger partial charge in [-0.3, -0.25) is 9.59 Å². The molecule has 5 nitrogen and oxygen atoms in total. The standard InChI is InChI=1S/C10H18N2O3/c1-7-4-2-3-5-8(11)10(15)12(7)6-9(13)14/h7-8H,2-6,11H2,1H3,(H,13,14). The van der Waals surface area contributed by atoms with Crippen LogP contribution in [-0.2, 0) is 9.59 Å². The third-order valence-corrected chi connectivity index (χ3v) is 2.82. The molecular formula is C10H18N2O3. The van der Waals surface area contributed by atoms with E-state index in [9.17, 15) is 9.59 Å². The molecule has 1 fully saturated rings. The second-order valence-corrected chi connectivity index (χ2v) is 4.10. The first-order valence-electron chi connectivity index (χ1n) is 5.30. The SMILES string of the molecule is CC1CCCCC(N)C(=O)N1CC(=O)O. The fourth-order valence-corrected chi connectivity index (χ4v) is 1.89. The van der Waals surface area contributed by atoms with E-state index < -0.39 is 12.0 Å². The number of nitrogens with zero attached hydrogens (tertiary/aromatic N) is 1. The van der Waals surface area contributed by atoms with E-state index in [1.165, 1.54) is 4.90 Å². The van der Waals surface area contributed by atoms with Crippen molar-refractivity contribution in [2.45, 2.75) is 44.7 Å². The third kappa shape index (κ3) is 3.20. The minimum Gasteiger partial charge on any atom is -0.480 e. The minimum absolute atomic E-state index is 0.0278. The fourth-order valence-electron chi connectivity index (χ4n) is 1.89. The number of amides is 1. The highest BCUT2D eigenvalue weighted by Crippen LogP contribution is 2.16. The molecule has 1 rings (SSSR count). The lowest BCUT2D eigenvalue weighted by Crippen LogP contribution is -2.50. The van der Waals surface area contributed by atoms with Gasteiger partial charge < -0.3 is 15.7 Å². The summed E-state index contributed by atoms with van der Waals surface area (Å²) in [5.41, 5.74) is 5.69. The van der Waals surface area contributed by atoms with Crippen molar-refractivity contribution in [1.29, 1.82) is 0 Å². The molecule has 0 aromatic carbocycles. The highest BCUT2D eigenvalue weighted by atomic mass is 16.4. The van der Waals surface area contributed by atoms with Crippen LogP contribution in [0.15, 0.2) is 0 Å². The highest BCUT2D eigenvalue weighted by molar-refractivity contribution is 5.85. The van der Waals surface area contributed by atoms with Crippen molar-refractivity contribution in [2.24, 2.45) is 5.73 Å². The maximum atomic E-state index is 11.8. The Morgan fingerprint density at radius 1 is 1.53 bits per heavy atom. The molecule has 0 aliphatic carbocycles. The van der Waals surface area contributed by atoms with Gasteiger partial charge in [-0.05, 0) is 19.8 Å². The van der Waals surface area contributed by atoms with E-state index in [0.717, 1.165) is 19.3 Å². The Kier molecular flexibility index (Phi) is 4.08. The van der Waals surface area contributed by atoms with Crippen molar-refractivity contribution in [3.63, 3.8) is 0 Å². The Morgan fingerprint density at radius 2 is 2.13 bits per heavy atom. The molecule has 0 spiro atoms. The molecular weight excluding hydrogens is 196 g/mol. The van der Waals surface area contributed by atoms with Crippen LogP contribution in [0.4, 0.5) is 0 Å². The zero-order chi connectivity index (χ0) is 11.4. The molecule has 0 radical (unpaired) electrons. The number of hydrogen-bond donors (Lipinski definition) is 2. The van der Waals surface area contributed by atoms with Gasteiger partial charge in [0.05, 0.1) is 6.04 Å². The summed E-state index contributed by atoms with van der Waals surface area (Å²) in [6, 6.07) is -0.563. The monoisotopic (exact) mass is 214 g/mol. The third-order valence-electron chi connectivity index (χ3n) is 2.82. The minimum atomic E-state index is -0.983. The van der Waals surface area contributed by atoms with Gasteiger partial charge in [0.15, 0.2) is 0 Å². The molecule has 0 aromatic heterocycles. The Hall–Kier alpha value is -1.10. The molecule has 0 bridgehead atoms. The lowest BCUT2D eigenvalue weighted by Gasteiger charge is -2.32. The Balaban J connectivity index is 2.73. The summed E-state index contributed by atoms with van der Waals surface area (Å²) in [4.78, 5) is 23.8. The molecule has 0 saturated carbocycles. The number of likely N-dealkylation sites (tertiary alicyclic amines) is 1. The van der Waals surface area contributed by atoms with Crippen LogP contribution in [0.5, 0.6) is 0 Å². The van der Waals surface area contributed by atoms with Crippen molar-refractivity contribution in [1.82, 2.24) is 4.90 Å². The van der Waals surface area contributed by atoms with E-state index >= 15 is 0 Å². The van der Waals surface area contributed by atoms with E-state index in [1.54, 1.807) is 0 Å². The second-order valence-electron chi connectivity index (χ2n) is 4.10. The summed E-state index contributed by atoms with van der Waals surface area (Å²) in [6.45, 7) is 1.63. The summed E-state index contributed by atoms with van der Waals surface area (Å²) >= 11 is 0. The van der Waals surface area contributed by atoms with Gasteiger partial charge in [0.1, 0.15) is 6.54 Å². The Labute approximate surface area is 89.2 Å². The number of nitrogens with two attached hydrogens (primary N) is 1. The Morgan fingerprint density at radius 3 is 2.73 bits per heavy atom. The zero-order valence-corrected chi connectivity index (χ0v) is 8.98. The summed E-state index contributed by atoms with van der Waals surface area (Å²) in [5, 5.41) is 8.71. The van der Waals surface area contributed by atoms with Gasteiger partial charge >= 0.3 is 5.97 Å². The summed E-state index contributed by atoms with van der Waals surface area (Å²) in [7, 11) is 0. The van der Waals surface area contributed by atoms with Crippen LogP contribution in [0.3, 0.4) is 0 Å². The normalized spacial score (nSPS) is 28.4. The molecule has 2 atom stereocenters. The van der Waals surface area contributed by atoms with Gasteiger partial charge in [-0.25, -0.2) is 0 Å². The van der Waals surface area contributed by atoms with Gasteiger partial charge in [-0.15, -0.1) is 0 Å². The largest absolute Gasteiger partial charge is 0.480 e. The van der Waals surface area contributed by atoms with Crippen molar-refractivity contribution in [3.05, 3.63) is 0 Å². The van der Waals surface area contributed by atoms with Crippen LogP contribution in [-0.4, -0.2) is 40.5 Å². The van der Waals surface area contributed by atoms with Crippen LogP contribution < -0.4 is 5.73 Å². The maximum absolute atomic E-state index is 11.8. The first-order valence-corrected chi connectivity index (χ1v) is 5.30. The summed E-state index contributed by atoms with van der Waals surface area (Å²) in [6.07, 6.45) is 3.45. The topological polar surface area (TPSA) is 83.6 Å². The summed E-state index contributed by atoms with van der Waals surface area (Å²) < 4.78 is 0. The van der Waals surface area contributed by atoms with Crippen molar-refractivity contribution >= 4 is 11.9 Å². The van der Waals surface area contributed by atoms with Crippen molar-refractivity contribution < 1.29 is 14.7 Å². The molecule has 1 amide bonds. The fraction of sp³-hybridized carbons (Fsp3) is 0.800. The molecule has 3 N–H and O–H groups in total. The number of rotatable bonds is 2. The van der Waals surface area contributed by atoms with E-state index in [2.05, 4.69) is 0 Å². The molecule has 15 heavy (non-hydrogen) atoms. The molecule has 1 aliphatic heterocycles. The van der Waals surface area contributed by atoms with E-state index in [4.69, 9.17) is 10.8 Å². The number of carbonyl (C=O) groups excluding carboxylic acids is 1. The van der Waals surface area contributed by atoms with Crippen LogP contribution in [0.2, 0.25) is 0 Å². The second kappa shape index (κ2) is 5.11. The molecule has 1 heterocycles. The van der Waals surface area contributed by atoms with Gasteiger partial charge in [0.25, 0.3) is 0 Å². The summed E-state index contributed by atoms with van der Waals surface area (Å²) in [5.74, 6) is -1.22. The number of hydrogen-bond acceptors (Lipinski definition) is 3. The lowest BCUT2D eigenvalue weighted by molar-refractivity contribution is -0.147. The molecule has 5 heteroatoms. The van der Waals surface area contributed by atoms with E-state index in [0.29, 0.717) is 6.42 Å². The Bertz CT molecular complexity index is 255. The number of carboxylic acids is 1. The average Bonchev–Trinajstić information content (AvgIpc) is 2.17. The van der Waals surface area contributed by atoms with Crippen LogP contribution >= 0.6 is 0 Å². The molecule has 1 saturated heterocycles.